The Labute approximate surface area is 192 Å². The third-order valence-corrected chi connectivity index (χ3v) is 7.18. The molecule has 0 unspecified atom stereocenters. The van der Waals surface area contributed by atoms with E-state index >= 15 is 0 Å². The van der Waals surface area contributed by atoms with Crippen molar-refractivity contribution in [3.63, 3.8) is 0 Å². The van der Waals surface area contributed by atoms with Crippen LogP contribution in [-0.2, 0) is 21.4 Å². The molecule has 0 aliphatic carbocycles. The van der Waals surface area contributed by atoms with Gasteiger partial charge in [-0.25, -0.2) is 12.8 Å². The number of nitrogens with zero attached hydrogens (tertiary/aromatic N) is 1. The molecule has 0 spiro atoms. The molecule has 3 aromatic carbocycles. The van der Waals surface area contributed by atoms with Crippen LogP contribution in [0.25, 0.3) is 0 Å². The van der Waals surface area contributed by atoms with Crippen molar-refractivity contribution < 1.29 is 17.6 Å². The Hall–Kier alpha value is -2.74. The van der Waals surface area contributed by atoms with Gasteiger partial charge in [0.2, 0.25) is 15.9 Å². The minimum absolute atomic E-state index is 0.0377. The van der Waals surface area contributed by atoms with Gasteiger partial charge in [-0.2, -0.15) is 4.31 Å². The Morgan fingerprint density at radius 3 is 2.28 bits per heavy atom. The SMILES string of the molecule is Cc1ccccc1CN(CC(=O)N[C@H](C)c1ccc(F)cc1)S(=O)(=O)c1ccc(Cl)cc1. The Balaban J connectivity index is 1.84. The zero-order valence-corrected chi connectivity index (χ0v) is 19.3. The molecule has 1 N–H and O–H groups in total. The smallest absolute Gasteiger partial charge is 0.243 e. The average Bonchev–Trinajstić information content (AvgIpc) is 2.75. The number of aryl methyl sites for hydroxylation is 1. The van der Waals surface area contributed by atoms with Gasteiger partial charge in [0.25, 0.3) is 0 Å². The molecule has 0 saturated heterocycles. The van der Waals surface area contributed by atoms with Crippen LogP contribution < -0.4 is 5.32 Å². The predicted molar refractivity (Wildman–Crippen MR) is 123 cm³/mol. The molecule has 1 atom stereocenters. The van der Waals surface area contributed by atoms with Gasteiger partial charge in [0, 0.05) is 11.6 Å². The van der Waals surface area contributed by atoms with E-state index in [1.54, 1.807) is 19.1 Å². The fourth-order valence-corrected chi connectivity index (χ4v) is 4.74. The average molecular weight is 475 g/mol. The lowest BCUT2D eigenvalue weighted by atomic mass is 10.1. The number of carbonyl (C=O) groups is 1. The van der Waals surface area contributed by atoms with E-state index in [4.69, 9.17) is 11.6 Å². The second-order valence-corrected chi connectivity index (χ2v) is 9.87. The second-order valence-electron chi connectivity index (χ2n) is 7.49. The topological polar surface area (TPSA) is 66.5 Å². The van der Waals surface area contributed by atoms with Crippen LogP contribution >= 0.6 is 11.6 Å². The van der Waals surface area contributed by atoms with Crippen LogP contribution in [0.1, 0.15) is 29.7 Å². The molecule has 3 aromatic rings. The lowest BCUT2D eigenvalue weighted by molar-refractivity contribution is -0.122. The van der Waals surface area contributed by atoms with E-state index in [9.17, 15) is 17.6 Å². The standard InChI is InChI=1S/C24H24ClFN2O3S/c1-17-5-3-4-6-20(17)15-28(32(30,31)23-13-9-21(25)10-14-23)16-24(29)27-18(2)19-7-11-22(26)12-8-19/h3-14,18H,15-16H2,1-2H3,(H,27,29)/t18-/m1/s1. The first-order valence-corrected chi connectivity index (χ1v) is 11.8. The third kappa shape index (κ3) is 5.94. The molecule has 32 heavy (non-hydrogen) atoms. The lowest BCUT2D eigenvalue weighted by Crippen LogP contribution is -2.41. The summed E-state index contributed by atoms with van der Waals surface area (Å²) < 4.78 is 41.0. The second kappa shape index (κ2) is 10.3. The summed E-state index contributed by atoms with van der Waals surface area (Å²) in [5.41, 5.74) is 2.43. The quantitative estimate of drug-likeness (QED) is 0.507. The minimum Gasteiger partial charge on any atom is -0.348 e. The van der Waals surface area contributed by atoms with Crippen LogP contribution in [0.4, 0.5) is 4.39 Å². The number of nitrogens with one attached hydrogen (secondary N) is 1. The Morgan fingerprint density at radius 2 is 1.66 bits per heavy atom. The molecule has 1 amide bonds. The molecule has 0 fully saturated rings. The monoisotopic (exact) mass is 474 g/mol. The highest BCUT2D eigenvalue weighted by Crippen LogP contribution is 2.22. The highest BCUT2D eigenvalue weighted by molar-refractivity contribution is 7.89. The van der Waals surface area contributed by atoms with Crippen molar-refractivity contribution in [2.45, 2.75) is 31.3 Å². The number of sulfonamides is 1. The summed E-state index contributed by atoms with van der Waals surface area (Å²) in [5.74, 6) is -0.835. The fraction of sp³-hybridized carbons (Fsp3) is 0.208. The van der Waals surface area contributed by atoms with Crippen LogP contribution in [0.15, 0.2) is 77.7 Å². The molecule has 0 aliphatic heterocycles. The van der Waals surface area contributed by atoms with Crippen molar-refractivity contribution in [2.75, 3.05) is 6.54 Å². The molecule has 3 rings (SSSR count). The molecule has 0 radical (unpaired) electrons. The van der Waals surface area contributed by atoms with Gasteiger partial charge in [-0.3, -0.25) is 4.79 Å². The van der Waals surface area contributed by atoms with Gasteiger partial charge in [0.1, 0.15) is 5.82 Å². The zero-order valence-electron chi connectivity index (χ0n) is 17.8. The third-order valence-electron chi connectivity index (χ3n) is 5.13. The Bertz CT molecular complexity index is 1180. The predicted octanol–water partition coefficient (Wildman–Crippen LogP) is 4.86. The van der Waals surface area contributed by atoms with E-state index in [2.05, 4.69) is 5.32 Å². The summed E-state index contributed by atoms with van der Waals surface area (Å²) in [4.78, 5) is 12.8. The van der Waals surface area contributed by atoms with Gasteiger partial charge in [0.15, 0.2) is 0 Å². The maximum atomic E-state index is 13.3. The van der Waals surface area contributed by atoms with E-state index in [-0.39, 0.29) is 23.8 Å². The Morgan fingerprint density at radius 1 is 1.03 bits per heavy atom. The molecule has 8 heteroatoms. The van der Waals surface area contributed by atoms with E-state index in [1.165, 1.54) is 36.4 Å². The van der Waals surface area contributed by atoms with Crippen molar-refractivity contribution in [1.29, 1.82) is 0 Å². The first-order valence-electron chi connectivity index (χ1n) is 10.0. The molecule has 0 bridgehead atoms. The molecule has 0 aliphatic rings. The molecule has 0 heterocycles. The van der Waals surface area contributed by atoms with Gasteiger partial charge < -0.3 is 5.32 Å². The number of halogens is 2. The Kier molecular flexibility index (Phi) is 7.66. The minimum atomic E-state index is -3.97. The maximum absolute atomic E-state index is 13.3. The first kappa shape index (κ1) is 23.9. The fourth-order valence-electron chi connectivity index (χ4n) is 3.24. The number of hydrogen-bond donors (Lipinski definition) is 1. The van der Waals surface area contributed by atoms with Crippen molar-refractivity contribution in [1.82, 2.24) is 9.62 Å². The van der Waals surface area contributed by atoms with E-state index in [1.807, 2.05) is 31.2 Å². The molecular weight excluding hydrogens is 451 g/mol. The maximum Gasteiger partial charge on any atom is 0.243 e. The van der Waals surface area contributed by atoms with Crippen LogP contribution in [0.3, 0.4) is 0 Å². The van der Waals surface area contributed by atoms with E-state index in [0.29, 0.717) is 10.6 Å². The number of carbonyl (C=O) groups excluding carboxylic acids is 1. The van der Waals surface area contributed by atoms with Crippen LogP contribution in [0.2, 0.25) is 5.02 Å². The summed E-state index contributed by atoms with van der Waals surface area (Å²) in [7, 11) is -3.97. The molecule has 5 nitrogen and oxygen atoms in total. The van der Waals surface area contributed by atoms with E-state index < -0.39 is 22.0 Å². The lowest BCUT2D eigenvalue weighted by Gasteiger charge is -2.24. The summed E-state index contributed by atoms with van der Waals surface area (Å²) in [6, 6.07) is 18.6. The highest BCUT2D eigenvalue weighted by Gasteiger charge is 2.28. The van der Waals surface area contributed by atoms with Crippen LogP contribution in [0, 0.1) is 12.7 Å². The van der Waals surface area contributed by atoms with Gasteiger partial charge in [-0.1, -0.05) is 48.0 Å². The molecule has 168 valence electrons. The number of amides is 1. The summed E-state index contributed by atoms with van der Waals surface area (Å²) in [5, 5.41) is 3.21. The molecule has 0 saturated carbocycles. The summed E-state index contributed by atoms with van der Waals surface area (Å²) in [6.07, 6.45) is 0. The summed E-state index contributed by atoms with van der Waals surface area (Å²) >= 11 is 5.91. The van der Waals surface area contributed by atoms with Crippen molar-refractivity contribution in [3.05, 3.63) is 100 Å². The largest absolute Gasteiger partial charge is 0.348 e. The first-order chi connectivity index (χ1) is 15.2. The highest BCUT2D eigenvalue weighted by atomic mass is 35.5. The molecule has 0 aromatic heterocycles. The number of rotatable bonds is 8. The van der Waals surface area contributed by atoms with Crippen molar-refractivity contribution in [2.24, 2.45) is 0 Å². The normalized spacial score (nSPS) is 12.5. The number of hydrogen-bond acceptors (Lipinski definition) is 3. The summed E-state index contributed by atoms with van der Waals surface area (Å²) in [6.45, 7) is 3.31. The van der Waals surface area contributed by atoms with Crippen molar-refractivity contribution in [3.8, 4) is 0 Å². The van der Waals surface area contributed by atoms with Crippen LogP contribution in [-0.4, -0.2) is 25.2 Å². The van der Waals surface area contributed by atoms with Crippen LogP contribution in [0.5, 0.6) is 0 Å². The van der Waals surface area contributed by atoms with Crippen molar-refractivity contribution >= 4 is 27.5 Å². The van der Waals surface area contributed by atoms with Gasteiger partial charge in [-0.15, -0.1) is 0 Å². The molecular formula is C24H24ClFN2O3S. The van der Waals surface area contributed by atoms with E-state index in [0.717, 1.165) is 15.4 Å². The van der Waals surface area contributed by atoms with Gasteiger partial charge in [-0.05, 0) is 66.9 Å². The van der Waals surface area contributed by atoms with Gasteiger partial charge in [0.05, 0.1) is 17.5 Å². The zero-order chi connectivity index (χ0) is 23.3. The number of benzene rings is 3. The van der Waals surface area contributed by atoms with Gasteiger partial charge >= 0.3 is 0 Å².